The van der Waals surface area contributed by atoms with Crippen molar-refractivity contribution in [2.75, 3.05) is 19.1 Å². The zero-order valence-corrected chi connectivity index (χ0v) is 11.3. The maximum atomic E-state index is 8.00. The monoisotopic (exact) mass is 237 g/mol. The van der Waals surface area contributed by atoms with Gasteiger partial charge < -0.3 is 8.85 Å². The molecule has 5 heteroatoms. The summed E-state index contributed by atoms with van der Waals surface area (Å²) in [6.45, 7) is 5.55. The molecule has 0 bridgehead atoms. The number of halogens is 1. The molecule has 0 aromatic heterocycles. The lowest BCUT2D eigenvalue weighted by Crippen LogP contribution is -2.02. The first-order valence-electron chi connectivity index (χ1n) is 4.91. The normalized spacial score (nSPS) is 8.71. The molecule has 0 N–H and O–H groups in total. The second-order valence-corrected chi connectivity index (χ2v) is 3.84. The van der Waals surface area contributed by atoms with Crippen molar-refractivity contribution in [2.24, 2.45) is 0 Å². The Morgan fingerprint density at radius 2 is 1.79 bits per heavy atom. The van der Waals surface area contributed by atoms with Gasteiger partial charge in [0.25, 0.3) is 0 Å². The Hall–Kier alpha value is -0.0831. The first-order chi connectivity index (χ1) is 6.83. The fourth-order valence-electron chi connectivity index (χ4n) is 0.524. The van der Waals surface area contributed by atoms with Gasteiger partial charge >= 0.3 is 10.0 Å². The van der Waals surface area contributed by atoms with Crippen LogP contribution in [0.15, 0.2) is 0 Å². The molecule has 0 heterocycles. The summed E-state index contributed by atoms with van der Waals surface area (Å²) in [7, 11) is -0.589. The van der Waals surface area contributed by atoms with Crippen LogP contribution in [0.3, 0.4) is 0 Å². The number of hydrogen-bond acceptors (Lipinski definition) is 3. The van der Waals surface area contributed by atoms with Gasteiger partial charge in [-0.3, -0.25) is 0 Å². The van der Waals surface area contributed by atoms with Gasteiger partial charge in [0.1, 0.15) is 0 Å². The van der Waals surface area contributed by atoms with Gasteiger partial charge in [-0.2, -0.15) is 5.26 Å². The average Bonchev–Trinajstić information content (AvgIpc) is 2.21. The highest BCUT2D eigenvalue weighted by Crippen LogP contribution is 1.93. The Kier molecular flexibility index (Phi) is 21.8. The maximum Gasteiger partial charge on any atom is 0.304 e. The van der Waals surface area contributed by atoms with Crippen molar-refractivity contribution < 1.29 is 8.85 Å². The van der Waals surface area contributed by atoms with Crippen molar-refractivity contribution in [1.82, 2.24) is 0 Å². The van der Waals surface area contributed by atoms with E-state index in [9.17, 15) is 0 Å². The highest BCUT2D eigenvalue weighted by molar-refractivity contribution is 6.18. The molecule has 0 spiro atoms. The van der Waals surface area contributed by atoms with Crippen LogP contribution in [0.1, 0.15) is 33.1 Å². The molecule has 0 rings (SSSR count). The van der Waals surface area contributed by atoms with Crippen molar-refractivity contribution in [3.8, 4) is 6.07 Å². The van der Waals surface area contributed by atoms with Gasteiger partial charge in [-0.15, -0.1) is 11.6 Å². The number of unbranched alkanes of at least 4 members (excludes halogenated alkanes) is 2. The summed E-state index contributed by atoms with van der Waals surface area (Å²) >= 11 is 5.33. The highest BCUT2D eigenvalue weighted by atomic mass is 35.5. The molecular weight excluding hydrogens is 218 g/mol. The highest BCUT2D eigenvalue weighted by Gasteiger charge is 1.81. The quantitative estimate of drug-likeness (QED) is 0.386. The summed E-state index contributed by atoms with van der Waals surface area (Å²) in [5.41, 5.74) is 0. The third-order valence-electron chi connectivity index (χ3n) is 1.25. The van der Waals surface area contributed by atoms with E-state index in [4.69, 9.17) is 25.7 Å². The standard InChI is InChI=1S/C5H8ClN.C4H12O2Si/c6-4-2-1-3-5-7;1-3-5-7-6-4-2/h1-4H2;3-4,7H2,1-2H3. The summed E-state index contributed by atoms with van der Waals surface area (Å²) in [6.07, 6.45) is 2.56. The van der Waals surface area contributed by atoms with E-state index in [0.29, 0.717) is 12.3 Å². The van der Waals surface area contributed by atoms with Gasteiger partial charge in [-0.1, -0.05) is 0 Å². The van der Waals surface area contributed by atoms with Gasteiger partial charge in [-0.05, 0) is 26.7 Å². The summed E-state index contributed by atoms with van der Waals surface area (Å²) in [5, 5.41) is 8.00. The minimum atomic E-state index is -0.589. The Bertz CT molecular complexity index is 126. The largest absolute Gasteiger partial charge is 0.399 e. The van der Waals surface area contributed by atoms with Gasteiger partial charge in [0.05, 0.1) is 6.07 Å². The van der Waals surface area contributed by atoms with E-state index in [1.807, 2.05) is 19.9 Å². The molecule has 14 heavy (non-hydrogen) atoms. The van der Waals surface area contributed by atoms with E-state index >= 15 is 0 Å². The van der Waals surface area contributed by atoms with Crippen molar-refractivity contribution in [2.45, 2.75) is 33.1 Å². The predicted molar refractivity (Wildman–Crippen MR) is 62.0 cm³/mol. The minimum absolute atomic E-state index is 0.589. The number of nitrogens with zero attached hydrogens (tertiary/aromatic N) is 1. The third-order valence-corrected chi connectivity index (χ3v) is 2.66. The number of rotatable bonds is 7. The summed E-state index contributed by atoms with van der Waals surface area (Å²) in [6, 6.07) is 2.04. The molecule has 0 saturated carbocycles. The van der Waals surface area contributed by atoms with Gasteiger partial charge in [0.15, 0.2) is 0 Å². The van der Waals surface area contributed by atoms with Gasteiger partial charge in [0, 0.05) is 25.5 Å². The Morgan fingerprint density at radius 1 is 1.21 bits per heavy atom. The second kappa shape index (κ2) is 18.7. The lowest BCUT2D eigenvalue weighted by Gasteiger charge is -1.96. The smallest absolute Gasteiger partial charge is 0.304 e. The molecule has 0 aliphatic heterocycles. The zero-order valence-electron chi connectivity index (χ0n) is 9.09. The van der Waals surface area contributed by atoms with Crippen molar-refractivity contribution in [3.63, 3.8) is 0 Å². The molecule has 0 saturated heterocycles. The van der Waals surface area contributed by atoms with Crippen LogP contribution in [-0.2, 0) is 8.85 Å². The van der Waals surface area contributed by atoms with Crippen molar-refractivity contribution in [3.05, 3.63) is 0 Å². The van der Waals surface area contributed by atoms with Gasteiger partial charge in [-0.25, -0.2) is 0 Å². The molecule has 3 nitrogen and oxygen atoms in total. The molecule has 84 valence electrons. The predicted octanol–water partition coefficient (Wildman–Crippen LogP) is 1.98. The van der Waals surface area contributed by atoms with E-state index in [2.05, 4.69) is 0 Å². The van der Waals surface area contributed by atoms with E-state index < -0.39 is 10.0 Å². The third kappa shape index (κ3) is 22.7. The van der Waals surface area contributed by atoms with Crippen LogP contribution in [0, 0.1) is 11.3 Å². The van der Waals surface area contributed by atoms with Crippen LogP contribution in [0.4, 0.5) is 0 Å². The van der Waals surface area contributed by atoms with Crippen molar-refractivity contribution in [1.29, 1.82) is 5.26 Å². The fraction of sp³-hybridized carbons (Fsp3) is 0.889. The van der Waals surface area contributed by atoms with Crippen LogP contribution < -0.4 is 0 Å². The molecule has 0 aromatic carbocycles. The van der Waals surface area contributed by atoms with E-state index in [-0.39, 0.29) is 0 Å². The Balaban J connectivity index is 0. The molecule has 0 atom stereocenters. The van der Waals surface area contributed by atoms with Crippen LogP contribution in [0.25, 0.3) is 0 Å². The molecule has 0 aliphatic rings. The first-order valence-corrected chi connectivity index (χ1v) is 6.60. The van der Waals surface area contributed by atoms with Crippen LogP contribution in [-0.4, -0.2) is 29.1 Å². The zero-order chi connectivity index (χ0) is 11.1. The molecular formula is C9H20ClNO2Si. The minimum Gasteiger partial charge on any atom is -0.399 e. The summed E-state index contributed by atoms with van der Waals surface area (Å²) < 4.78 is 9.98. The fourth-order valence-corrected chi connectivity index (χ4v) is 1.16. The molecule has 0 fully saturated rings. The topological polar surface area (TPSA) is 42.2 Å². The lowest BCUT2D eigenvalue weighted by atomic mass is 10.3. The number of nitriles is 1. The van der Waals surface area contributed by atoms with Crippen LogP contribution in [0.2, 0.25) is 0 Å². The van der Waals surface area contributed by atoms with Gasteiger partial charge in [0.2, 0.25) is 0 Å². The Labute approximate surface area is 94.4 Å². The van der Waals surface area contributed by atoms with Crippen LogP contribution in [0.5, 0.6) is 0 Å². The van der Waals surface area contributed by atoms with Crippen LogP contribution >= 0.6 is 11.6 Å². The van der Waals surface area contributed by atoms with E-state index in [0.717, 1.165) is 26.1 Å². The summed E-state index contributed by atoms with van der Waals surface area (Å²) in [5.74, 6) is 0.682. The lowest BCUT2D eigenvalue weighted by molar-refractivity contribution is 0.240. The molecule has 0 radical (unpaired) electrons. The Morgan fingerprint density at radius 3 is 2.14 bits per heavy atom. The number of hydrogen-bond donors (Lipinski definition) is 0. The second-order valence-electron chi connectivity index (χ2n) is 2.41. The summed E-state index contributed by atoms with van der Waals surface area (Å²) in [4.78, 5) is 0. The average molecular weight is 238 g/mol. The molecule has 0 unspecified atom stereocenters. The molecule has 0 aromatic rings. The molecule has 0 aliphatic carbocycles. The van der Waals surface area contributed by atoms with Crippen molar-refractivity contribution >= 4 is 21.6 Å². The number of alkyl halides is 1. The van der Waals surface area contributed by atoms with E-state index in [1.165, 1.54) is 0 Å². The molecule has 0 amide bonds. The first kappa shape index (κ1) is 16.4. The SMILES string of the molecule is CCO[SiH2]OCC.N#CCCCCCl. The van der Waals surface area contributed by atoms with E-state index in [1.54, 1.807) is 0 Å². The maximum absolute atomic E-state index is 8.00.